The first kappa shape index (κ1) is 9.81. The van der Waals surface area contributed by atoms with Crippen molar-refractivity contribution in [1.29, 1.82) is 0 Å². The fourth-order valence-electron chi connectivity index (χ4n) is 0.987. The molecule has 2 rings (SSSR count). The van der Waals surface area contributed by atoms with Crippen molar-refractivity contribution in [3.05, 3.63) is 0 Å². The van der Waals surface area contributed by atoms with E-state index in [9.17, 15) is 8.42 Å². The third-order valence-corrected chi connectivity index (χ3v) is 4.79. The Hall–Kier alpha value is -0.730. The molecule has 1 fully saturated rings. The monoisotopic (exact) mass is 234 g/mol. The van der Waals surface area contributed by atoms with Gasteiger partial charge in [0, 0.05) is 5.54 Å². The highest BCUT2D eigenvalue weighted by Gasteiger charge is 2.42. The summed E-state index contributed by atoms with van der Waals surface area (Å²) in [5, 5.41) is 7.11. The van der Waals surface area contributed by atoms with Crippen LogP contribution >= 0.6 is 11.3 Å². The normalized spacial score (nSPS) is 19.5. The molecule has 0 radical (unpaired) electrons. The molecule has 0 atom stereocenters. The summed E-state index contributed by atoms with van der Waals surface area (Å²) in [6, 6.07) is 0. The quantitative estimate of drug-likeness (QED) is 0.764. The molecule has 6 nitrogen and oxygen atoms in total. The van der Waals surface area contributed by atoms with Crippen molar-refractivity contribution in [3.8, 4) is 0 Å². The highest BCUT2D eigenvalue weighted by Crippen LogP contribution is 2.36. The lowest BCUT2D eigenvalue weighted by molar-refractivity contribution is 0.556. The van der Waals surface area contributed by atoms with E-state index in [1.165, 1.54) is 0 Å². The van der Waals surface area contributed by atoms with Gasteiger partial charge < -0.3 is 5.73 Å². The summed E-state index contributed by atoms with van der Waals surface area (Å²) < 4.78 is 25.8. The van der Waals surface area contributed by atoms with Gasteiger partial charge in [-0.05, 0) is 19.8 Å². The van der Waals surface area contributed by atoms with Crippen LogP contribution < -0.4 is 10.5 Å². The lowest BCUT2D eigenvalue weighted by atomic mass is 10.4. The topological polar surface area (TPSA) is 98.0 Å². The van der Waals surface area contributed by atoms with E-state index in [4.69, 9.17) is 5.73 Å². The maximum absolute atomic E-state index is 11.6. The van der Waals surface area contributed by atoms with E-state index < -0.39 is 10.0 Å². The van der Waals surface area contributed by atoms with Crippen LogP contribution in [0.2, 0.25) is 0 Å². The van der Waals surface area contributed by atoms with Crippen LogP contribution in [0.4, 0.5) is 5.13 Å². The number of nitrogens with two attached hydrogens (primary N) is 1. The number of nitrogen functional groups attached to an aromatic ring is 1. The van der Waals surface area contributed by atoms with Crippen LogP contribution in [0.1, 0.15) is 19.8 Å². The summed E-state index contributed by atoms with van der Waals surface area (Å²) in [4.78, 5) is 0. The minimum atomic E-state index is -3.52. The second kappa shape index (κ2) is 2.88. The molecule has 0 saturated heterocycles. The van der Waals surface area contributed by atoms with Gasteiger partial charge in [-0.1, -0.05) is 11.3 Å². The largest absolute Gasteiger partial charge is 0.374 e. The molecular weight excluding hydrogens is 224 g/mol. The van der Waals surface area contributed by atoms with Crippen LogP contribution in [0.3, 0.4) is 0 Å². The first-order valence-electron chi connectivity index (χ1n) is 4.04. The molecule has 3 N–H and O–H groups in total. The summed E-state index contributed by atoms with van der Waals surface area (Å²) in [7, 11) is -3.52. The van der Waals surface area contributed by atoms with Crippen LogP contribution in [0, 0.1) is 0 Å². The molecule has 8 heteroatoms. The van der Waals surface area contributed by atoms with Gasteiger partial charge in [0.05, 0.1) is 0 Å². The molecule has 78 valence electrons. The zero-order valence-electron chi connectivity index (χ0n) is 7.52. The fourth-order valence-corrected chi connectivity index (χ4v) is 3.24. The van der Waals surface area contributed by atoms with Gasteiger partial charge in [0.2, 0.25) is 9.47 Å². The molecular formula is C6H10N4O2S2. The van der Waals surface area contributed by atoms with Gasteiger partial charge in [-0.2, -0.15) is 0 Å². The third-order valence-electron chi connectivity index (χ3n) is 2.03. The molecule has 1 aliphatic carbocycles. The number of nitrogens with one attached hydrogen (secondary N) is 1. The number of nitrogens with zero attached hydrogens (tertiary/aromatic N) is 2. The standard InChI is InChI=1S/C6H10N4O2S2/c1-6(2-3-6)10-14(11,12)5-9-8-4(7)13-5/h10H,2-3H2,1H3,(H2,7,8). The first-order valence-corrected chi connectivity index (χ1v) is 6.34. The van der Waals surface area contributed by atoms with Crippen LogP contribution in [0.25, 0.3) is 0 Å². The van der Waals surface area contributed by atoms with Gasteiger partial charge in [-0.3, -0.25) is 0 Å². The maximum Gasteiger partial charge on any atom is 0.270 e. The Labute approximate surface area is 85.6 Å². The van der Waals surface area contributed by atoms with Crippen molar-refractivity contribution in [2.75, 3.05) is 5.73 Å². The molecule has 0 amide bonds. The van der Waals surface area contributed by atoms with Gasteiger partial charge in [0.25, 0.3) is 10.0 Å². The third kappa shape index (κ3) is 1.86. The van der Waals surface area contributed by atoms with Crippen molar-refractivity contribution >= 4 is 26.5 Å². The number of anilines is 1. The highest BCUT2D eigenvalue weighted by molar-refractivity contribution is 7.91. The Morgan fingerprint density at radius 3 is 2.57 bits per heavy atom. The molecule has 14 heavy (non-hydrogen) atoms. The van der Waals surface area contributed by atoms with E-state index in [0.717, 1.165) is 24.2 Å². The summed E-state index contributed by atoms with van der Waals surface area (Å²) in [6.07, 6.45) is 1.72. The zero-order valence-corrected chi connectivity index (χ0v) is 9.15. The summed E-state index contributed by atoms with van der Waals surface area (Å²) in [6.45, 7) is 1.86. The van der Waals surface area contributed by atoms with Crippen molar-refractivity contribution < 1.29 is 8.42 Å². The predicted octanol–water partition coefficient (Wildman–Crippen LogP) is -0.0489. The van der Waals surface area contributed by atoms with Gasteiger partial charge in [-0.25, -0.2) is 13.1 Å². The molecule has 0 spiro atoms. The molecule has 1 aromatic rings. The molecule has 0 bridgehead atoms. The van der Waals surface area contributed by atoms with Crippen LogP contribution in [-0.4, -0.2) is 24.2 Å². The predicted molar refractivity (Wildman–Crippen MR) is 52.3 cm³/mol. The van der Waals surface area contributed by atoms with Crippen LogP contribution in [0.15, 0.2) is 4.34 Å². The minimum Gasteiger partial charge on any atom is -0.374 e. The highest BCUT2D eigenvalue weighted by atomic mass is 32.2. The second-order valence-electron chi connectivity index (χ2n) is 3.57. The lowest BCUT2D eigenvalue weighted by Gasteiger charge is -2.08. The van der Waals surface area contributed by atoms with Crippen molar-refractivity contribution in [3.63, 3.8) is 0 Å². The number of hydrogen-bond donors (Lipinski definition) is 2. The average Bonchev–Trinajstić information content (AvgIpc) is 2.61. The second-order valence-corrected chi connectivity index (χ2v) is 6.44. The molecule has 0 unspecified atom stereocenters. The molecule has 1 saturated carbocycles. The molecule has 0 aromatic carbocycles. The van der Waals surface area contributed by atoms with Crippen molar-refractivity contribution in [2.45, 2.75) is 29.6 Å². The van der Waals surface area contributed by atoms with E-state index in [2.05, 4.69) is 14.9 Å². The van der Waals surface area contributed by atoms with E-state index in [-0.39, 0.29) is 15.0 Å². The van der Waals surface area contributed by atoms with Gasteiger partial charge >= 0.3 is 0 Å². The average molecular weight is 234 g/mol. The maximum atomic E-state index is 11.6. The minimum absolute atomic E-state index is 0.0666. The summed E-state index contributed by atoms with van der Waals surface area (Å²) >= 11 is 0.868. The molecule has 1 aromatic heterocycles. The number of sulfonamides is 1. The van der Waals surface area contributed by atoms with E-state index >= 15 is 0 Å². The molecule has 1 aliphatic rings. The smallest absolute Gasteiger partial charge is 0.270 e. The first-order chi connectivity index (χ1) is 6.41. The van der Waals surface area contributed by atoms with Gasteiger partial charge in [0.1, 0.15) is 0 Å². The van der Waals surface area contributed by atoms with E-state index in [1.54, 1.807) is 0 Å². The van der Waals surface area contributed by atoms with Gasteiger partial charge in [-0.15, -0.1) is 10.2 Å². The number of rotatable bonds is 3. The lowest BCUT2D eigenvalue weighted by Crippen LogP contribution is -2.34. The Morgan fingerprint density at radius 2 is 2.14 bits per heavy atom. The molecule has 1 heterocycles. The Kier molecular flexibility index (Phi) is 2.02. The fraction of sp³-hybridized carbons (Fsp3) is 0.667. The van der Waals surface area contributed by atoms with Crippen molar-refractivity contribution in [2.24, 2.45) is 0 Å². The Morgan fingerprint density at radius 1 is 1.50 bits per heavy atom. The summed E-state index contributed by atoms with van der Waals surface area (Å²) in [5.41, 5.74) is 5.01. The van der Waals surface area contributed by atoms with Crippen LogP contribution in [-0.2, 0) is 10.0 Å². The van der Waals surface area contributed by atoms with Crippen molar-refractivity contribution in [1.82, 2.24) is 14.9 Å². The SMILES string of the molecule is CC1(NS(=O)(=O)c2nnc(N)s2)CC1. The number of aromatic nitrogens is 2. The molecule has 0 aliphatic heterocycles. The Balaban J connectivity index is 2.24. The van der Waals surface area contributed by atoms with E-state index in [0.29, 0.717) is 0 Å². The van der Waals surface area contributed by atoms with E-state index in [1.807, 2.05) is 6.92 Å². The summed E-state index contributed by atoms with van der Waals surface area (Å²) in [5.74, 6) is 0. The van der Waals surface area contributed by atoms with Gasteiger partial charge in [0.15, 0.2) is 0 Å². The Bertz CT molecular complexity index is 448. The zero-order chi connectivity index (χ0) is 10.4. The number of hydrogen-bond acceptors (Lipinski definition) is 6. The van der Waals surface area contributed by atoms with Crippen LogP contribution in [0.5, 0.6) is 0 Å².